The number of Topliss-reactive ketones (excluding diaryl/α,β-unsaturated/α-hetero) is 1. The lowest BCUT2D eigenvalue weighted by Gasteiger charge is -2.33. The highest BCUT2D eigenvalue weighted by Gasteiger charge is 2.62. The normalized spacial score (nSPS) is 25.9. The molecule has 1 aliphatic heterocycles. The Kier molecular flexibility index (Phi) is 6.82. The molecule has 8 heteroatoms. The minimum absolute atomic E-state index is 0.0601. The van der Waals surface area contributed by atoms with Gasteiger partial charge in [0, 0.05) is 25.4 Å². The molecule has 1 aromatic carbocycles. The fourth-order valence-corrected chi connectivity index (χ4v) is 5.41. The van der Waals surface area contributed by atoms with Crippen LogP contribution in [0.15, 0.2) is 18.2 Å². The molecule has 1 saturated heterocycles. The predicted octanol–water partition coefficient (Wildman–Crippen LogP) is 4.45. The van der Waals surface area contributed by atoms with Crippen molar-refractivity contribution in [3.63, 3.8) is 0 Å². The minimum atomic E-state index is -2.93. The summed E-state index contributed by atoms with van der Waals surface area (Å²) in [4.78, 5) is 39.0. The van der Waals surface area contributed by atoms with Crippen molar-refractivity contribution < 1.29 is 27.6 Å². The van der Waals surface area contributed by atoms with Crippen LogP contribution in [0.1, 0.15) is 80.1 Å². The van der Waals surface area contributed by atoms with E-state index in [1.54, 1.807) is 12.1 Å². The maximum Gasteiger partial charge on any atom is 0.260 e. The van der Waals surface area contributed by atoms with Gasteiger partial charge in [0.1, 0.15) is 11.7 Å². The molecule has 180 valence electrons. The lowest BCUT2D eigenvalue weighted by atomic mass is 9.82. The SMILES string of the molecule is CC(=O)[C@H](NC(=O)c1cccc(C2CCCN(C(=O)[C@@H]3CC3(F)F)C2)c1F)C1CCCCC1. The van der Waals surface area contributed by atoms with Crippen molar-refractivity contribution in [2.24, 2.45) is 11.8 Å². The number of carbonyl (C=O) groups excluding carboxylic acids is 3. The summed E-state index contributed by atoms with van der Waals surface area (Å²) in [6.45, 7) is 1.99. The molecule has 0 spiro atoms. The zero-order valence-corrected chi connectivity index (χ0v) is 18.9. The van der Waals surface area contributed by atoms with E-state index in [9.17, 15) is 23.2 Å². The Balaban J connectivity index is 1.48. The number of rotatable bonds is 6. The molecule has 3 atom stereocenters. The Bertz CT molecular complexity index is 929. The highest BCUT2D eigenvalue weighted by Crippen LogP contribution is 2.50. The third-order valence-electron chi connectivity index (χ3n) is 7.42. The standard InChI is InChI=1S/C25H31F3N2O3/c1-15(31)22(16-7-3-2-4-8-16)29-23(32)19-11-5-10-18(21(19)26)17-9-6-12-30(14-17)24(33)20-13-25(20,27)28/h5,10-11,16-17,20,22H,2-4,6-9,12-14H2,1H3,(H,29,32)/t17?,20-,22-/m0/s1. The van der Waals surface area contributed by atoms with E-state index >= 15 is 4.39 Å². The van der Waals surface area contributed by atoms with Gasteiger partial charge in [-0.3, -0.25) is 14.4 Å². The fourth-order valence-electron chi connectivity index (χ4n) is 5.41. The van der Waals surface area contributed by atoms with Crippen molar-refractivity contribution in [2.75, 3.05) is 13.1 Å². The molecule has 33 heavy (non-hydrogen) atoms. The summed E-state index contributed by atoms with van der Waals surface area (Å²) in [5.74, 6) is -6.51. The second-order valence-electron chi connectivity index (χ2n) is 9.81. The molecular weight excluding hydrogens is 433 g/mol. The van der Waals surface area contributed by atoms with E-state index in [-0.39, 0.29) is 29.7 Å². The van der Waals surface area contributed by atoms with Crippen molar-refractivity contribution in [1.82, 2.24) is 10.2 Å². The van der Waals surface area contributed by atoms with Crippen LogP contribution in [0.2, 0.25) is 0 Å². The quantitative estimate of drug-likeness (QED) is 0.676. The van der Waals surface area contributed by atoms with Crippen LogP contribution in [-0.4, -0.2) is 47.6 Å². The highest BCUT2D eigenvalue weighted by molar-refractivity contribution is 5.98. The van der Waals surface area contributed by atoms with Gasteiger partial charge in [-0.05, 0) is 50.2 Å². The molecule has 2 aliphatic carbocycles. The molecule has 2 amide bonds. The van der Waals surface area contributed by atoms with Crippen LogP contribution in [0.4, 0.5) is 13.2 Å². The molecule has 0 bridgehead atoms. The first-order valence-electron chi connectivity index (χ1n) is 12.0. The number of nitrogens with one attached hydrogen (secondary N) is 1. The van der Waals surface area contributed by atoms with Crippen LogP contribution in [0.5, 0.6) is 0 Å². The van der Waals surface area contributed by atoms with Crippen LogP contribution in [0.3, 0.4) is 0 Å². The van der Waals surface area contributed by atoms with Crippen LogP contribution in [-0.2, 0) is 9.59 Å². The number of amides is 2. The van der Waals surface area contributed by atoms with Crippen LogP contribution in [0, 0.1) is 17.7 Å². The van der Waals surface area contributed by atoms with E-state index in [2.05, 4.69) is 5.32 Å². The maximum absolute atomic E-state index is 15.5. The summed E-state index contributed by atoms with van der Waals surface area (Å²) >= 11 is 0. The second-order valence-corrected chi connectivity index (χ2v) is 9.81. The minimum Gasteiger partial charge on any atom is -0.342 e. The molecule has 0 radical (unpaired) electrons. The van der Waals surface area contributed by atoms with E-state index in [0.29, 0.717) is 24.9 Å². The van der Waals surface area contributed by atoms with Crippen LogP contribution < -0.4 is 5.32 Å². The first-order valence-corrected chi connectivity index (χ1v) is 12.0. The third-order valence-corrected chi connectivity index (χ3v) is 7.42. The summed E-state index contributed by atoms with van der Waals surface area (Å²) in [6.07, 6.45) is 5.62. The topological polar surface area (TPSA) is 66.5 Å². The van der Waals surface area contributed by atoms with Gasteiger partial charge in [-0.25, -0.2) is 13.2 Å². The molecule has 5 nitrogen and oxygen atoms in total. The molecule has 3 fully saturated rings. The van der Waals surface area contributed by atoms with Gasteiger partial charge in [0.25, 0.3) is 11.8 Å². The van der Waals surface area contributed by atoms with Crippen molar-refractivity contribution in [3.8, 4) is 0 Å². The van der Waals surface area contributed by atoms with Crippen LogP contribution in [0.25, 0.3) is 0 Å². The third kappa shape index (κ3) is 5.09. The van der Waals surface area contributed by atoms with Crippen molar-refractivity contribution >= 4 is 17.6 Å². The molecule has 3 aliphatic rings. The Morgan fingerprint density at radius 3 is 2.42 bits per heavy atom. The number of hydrogen-bond acceptors (Lipinski definition) is 3. The number of carbonyl (C=O) groups is 3. The van der Waals surface area contributed by atoms with E-state index in [1.807, 2.05) is 0 Å². The van der Waals surface area contributed by atoms with E-state index < -0.39 is 41.9 Å². The molecular formula is C25H31F3N2O3. The smallest absolute Gasteiger partial charge is 0.260 e. The van der Waals surface area contributed by atoms with Gasteiger partial charge in [-0.15, -0.1) is 0 Å². The molecule has 2 saturated carbocycles. The van der Waals surface area contributed by atoms with E-state index in [0.717, 1.165) is 32.1 Å². The number of likely N-dealkylation sites (tertiary alicyclic amines) is 1. The molecule has 1 aromatic rings. The number of nitrogens with zero attached hydrogens (tertiary/aromatic N) is 1. The summed E-state index contributed by atoms with van der Waals surface area (Å²) < 4.78 is 42.1. The Morgan fingerprint density at radius 1 is 1.09 bits per heavy atom. The molecule has 1 heterocycles. The summed E-state index contributed by atoms with van der Waals surface area (Å²) in [6, 6.07) is 3.93. The van der Waals surface area contributed by atoms with E-state index in [1.165, 1.54) is 17.9 Å². The number of halogens is 3. The zero-order chi connectivity index (χ0) is 23.8. The van der Waals surface area contributed by atoms with Crippen LogP contribution >= 0.6 is 0 Å². The largest absolute Gasteiger partial charge is 0.342 e. The van der Waals surface area contributed by atoms with Gasteiger partial charge < -0.3 is 10.2 Å². The lowest BCUT2D eigenvalue weighted by Crippen LogP contribution is -2.46. The fraction of sp³-hybridized carbons (Fsp3) is 0.640. The van der Waals surface area contributed by atoms with Gasteiger partial charge in [0.2, 0.25) is 5.91 Å². The predicted molar refractivity (Wildman–Crippen MR) is 117 cm³/mol. The van der Waals surface area contributed by atoms with Gasteiger partial charge in [0.05, 0.1) is 11.6 Å². The number of hydrogen-bond donors (Lipinski definition) is 1. The molecule has 0 aromatic heterocycles. The molecule has 4 rings (SSSR count). The molecule has 1 unspecified atom stereocenters. The van der Waals surface area contributed by atoms with Crippen molar-refractivity contribution in [2.45, 2.75) is 76.2 Å². The average molecular weight is 465 g/mol. The molecule has 1 N–H and O–H groups in total. The Morgan fingerprint density at radius 2 is 1.79 bits per heavy atom. The number of ketones is 1. The Labute approximate surface area is 192 Å². The number of alkyl halides is 2. The first-order chi connectivity index (χ1) is 15.7. The number of piperidine rings is 1. The van der Waals surface area contributed by atoms with Crippen molar-refractivity contribution in [1.29, 1.82) is 0 Å². The van der Waals surface area contributed by atoms with Gasteiger partial charge >= 0.3 is 0 Å². The maximum atomic E-state index is 15.5. The summed E-state index contributed by atoms with van der Waals surface area (Å²) in [5, 5.41) is 2.76. The first kappa shape index (κ1) is 23.8. The van der Waals surface area contributed by atoms with Gasteiger partial charge in [0.15, 0.2) is 5.78 Å². The van der Waals surface area contributed by atoms with E-state index in [4.69, 9.17) is 0 Å². The zero-order valence-electron chi connectivity index (χ0n) is 18.9. The summed E-state index contributed by atoms with van der Waals surface area (Å²) in [5.41, 5.74) is 0.173. The Hall–Kier alpha value is -2.38. The summed E-state index contributed by atoms with van der Waals surface area (Å²) in [7, 11) is 0. The second kappa shape index (κ2) is 9.47. The van der Waals surface area contributed by atoms with Gasteiger partial charge in [-0.1, -0.05) is 31.4 Å². The monoisotopic (exact) mass is 464 g/mol. The van der Waals surface area contributed by atoms with Crippen molar-refractivity contribution in [3.05, 3.63) is 35.1 Å². The lowest BCUT2D eigenvalue weighted by molar-refractivity contribution is -0.136. The number of benzene rings is 1. The average Bonchev–Trinajstić information content (AvgIpc) is 3.45. The highest BCUT2D eigenvalue weighted by atomic mass is 19.3. The van der Waals surface area contributed by atoms with Gasteiger partial charge in [-0.2, -0.15) is 0 Å².